The van der Waals surface area contributed by atoms with Gasteiger partial charge < -0.3 is 5.32 Å². The summed E-state index contributed by atoms with van der Waals surface area (Å²) in [5.74, 6) is 0.215. The average Bonchev–Trinajstić information content (AvgIpc) is 2.84. The van der Waals surface area contributed by atoms with Crippen LogP contribution in [-0.4, -0.2) is 22.4 Å². The topological polar surface area (TPSA) is 29.9 Å². The van der Waals surface area contributed by atoms with Crippen molar-refractivity contribution in [3.8, 4) is 0 Å². The minimum atomic E-state index is -0.118. The molecule has 0 bridgehead atoms. The maximum Gasteiger partial charge on any atom is 0.126 e. The Labute approximate surface area is 126 Å². The van der Waals surface area contributed by atoms with Crippen LogP contribution in [0.4, 0.5) is 4.39 Å². The second kappa shape index (κ2) is 7.36. The number of aryl methyl sites for hydroxylation is 1. The summed E-state index contributed by atoms with van der Waals surface area (Å²) in [6.07, 6.45) is 3.53. The van der Waals surface area contributed by atoms with E-state index < -0.39 is 0 Å². The lowest BCUT2D eigenvalue weighted by atomic mass is 9.94. The van der Waals surface area contributed by atoms with Crippen molar-refractivity contribution in [3.05, 3.63) is 53.6 Å². The van der Waals surface area contributed by atoms with Gasteiger partial charge in [0.2, 0.25) is 0 Å². The zero-order chi connectivity index (χ0) is 15.2. The molecule has 0 spiro atoms. The lowest BCUT2D eigenvalue weighted by Gasteiger charge is -2.19. The quantitative estimate of drug-likeness (QED) is 0.849. The van der Waals surface area contributed by atoms with Gasteiger partial charge in [0.1, 0.15) is 5.82 Å². The van der Waals surface area contributed by atoms with Gasteiger partial charge in [0.15, 0.2) is 0 Å². The van der Waals surface area contributed by atoms with Crippen molar-refractivity contribution in [1.29, 1.82) is 0 Å². The number of nitrogens with zero attached hydrogens (tertiary/aromatic N) is 2. The summed E-state index contributed by atoms with van der Waals surface area (Å²) < 4.78 is 15.7. The monoisotopic (exact) mass is 289 g/mol. The summed E-state index contributed by atoms with van der Waals surface area (Å²) in [5, 5.41) is 7.89. The van der Waals surface area contributed by atoms with E-state index >= 15 is 0 Å². The van der Waals surface area contributed by atoms with Gasteiger partial charge in [0.05, 0.1) is 5.69 Å². The minimum Gasteiger partial charge on any atom is -0.314 e. The molecule has 0 saturated heterocycles. The van der Waals surface area contributed by atoms with E-state index in [2.05, 4.69) is 24.3 Å². The number of nitrogens with one attached hydrogen (secondary N) is 1. The molecule has 4 heteroatoms. The smallest absolute Gasteiger partial charge is 0.126 e. The van der Waals surface area contributed by atoms with E-state index in [9.17, 15) is 4.39 Å². The number of hydrogen-bond donors (Lipinski definition) is 1. The van der Waals surface area contributed by atoms with Crippen LogP contribution in [0.2, 0.25) is 0 Å². The zero-order valence-corrected chi connectivity index (χ0v) is 13.0. The van der Waals surface area contributed by atoms with Crippen molar-refractivity contribution in [2.75, 3.05) is 6.54 Å². The van der Waals surface area contributed by atoms with Gasteiger partial charge in [-0.25, -0.2) is 4.39 Å². The zero-order valence-electron chi connectivity index (χ0n) is 13.0. The third kappa shape index (κ3) is 4.97. The number of halogens is 1. The number of benzene rings is 1. The predicted molar refractivity (Wildman–Crippen MR) is 83.6 cm³/mol. The highest BCUT2D eigenvalue weighted by atomic mass is 19.1. The number of hydrogen-bond acceptors (Lipinski definition) is 2. The number of aromatic nitrogens is 2. The van der Waals surface area contributed by atoms with Gasteiger partial charge in [-0.05, 0) is 43.0 Å². The van der Waals surface area contributed by atoms with E-state index in [0.717, 1.165) is 30.6 Å². The van der Waals surface area contributed by atoms with Crippen molar-refractivity contribution in [1.82, 2.24) is 15.1 Å². The second-order valence-corrected chi connectivity index (χ2v) is 5.91. The van der Waals surface area contributed by atoms with Crippen LogP contribution in [0.3, 0.4) is 0 Å². The first-order valence-electron chi connectivity index (χ1n) is 7.50. The van der Waals surface area contributed by atoms with Gasteiger partial charge in [-0.2, -0.15) is 5.10 Å². The Balaban J connectivity index is 2.06. The summed E-state index contributed by atoms with van der Waals surface area (Å²) >= 11 is 0. The highest BCUT2D eigenvalue weighted by Gasteiger charge is 2.15. The molecule has 1 unspecified atom stereocenters. The Kier molecular flexibility index (Phi) is 5.51. The highest BCUT2D eigenvalue weighted by molar-refractivity contribution is 5.18. The molecule has 0 radical (unpaired) electrons. The summed E-state index contributed by atoms with van der Waals surface area (Å²) in [5.41, 5.74) is 1.84. The first-order chi connectivity index (χ1) is 10.0. The highest BCUT2D eigenvalue weighted by Crippen LogP contribution is 2.16. The summed E-state index contributed by atoms with van der Waals surface area (Å²) in [6, 6.07) is 9.49. The second-order valence-electron chi connectivity index (χ2n) is 5.91. The Bertz CT molecular complexity index is 563. The van der Waals surface area contributed by atoms with Gasteiger partial charge in [0, 0.05) is 19.3 Å². The van der Waals surface area contributed by atoms with E-state index in [-0.39, 0.29) is 5.82 Å². The first-order valence-corrected chi connectivity index (χ1v) is 7.50. The Morgan fingerprint density at radius 2 is 1.95 bits per heavy atom. The molecule has 0 amide bonds. The molecule has 0 aliphatic heterocycles. The van der Waals surface area contributed by atoms with E-state index in [0.29, 0.717) is 12.0 Å². The molecule has 0 saturated carbocycles. The predicted octanol–water partition coefficient (Wildman–Crippen LogP) is 2.96. The Hall–Kier alpha value is -1.68. The van der Waals surface area contributed by atoms with Crippen LogP contribution in [-0.2, 0) is 19.9 Å². The van der Waals surface area contributed by atoms with Crippen molar-refractivity contribution in [2.24, 2.45) is 13.0 Å². The van der Waals surface area contributed by atoms with Crippen molar-refractivity contribution >= 4 is 0 Å². The molecule has 1 atom stereocenters. The fraction of sp³-hybridized carbons (Fsp3) is 0.471. The molecule has 0 aliphatic rings. The number of rotatable bonds is 7. The standard InChI is InChI=1S/C17H24FN3/c1-13(2)19-12-14(11-16-8-9-21(3)20-16)10-15-6-4-5-7-17(15)18/h4-9,13-14,19H,10-12H2,1-3H3. The summed E-state index contributed by atoms with van der Waals surface area (Å²) in [6.45, 7) is 5.12. The fourth-order valence-corrected chi connectivity index (χ4v) is 2.46. The summed E-state index contributed by atoms with van der Waals surface area (Å²) in [4.78, 5) is 0. The van der Waals surface area contributed by atoms with E-state index in [1.165, 1.54) is 6.07 Å². The summed E-state index contributed by atoms with van der Waals surface area (Å²) in [7, 11) is 1.92. The van der Waals surface area contributed by atoms with Gasteiger partial charge in [-0.3, -0.25) is 4.68 Å². The Morgan fingerprint density at radius 3 is 2.57 bits per heavy atom. The van der Waals surface area contributed by atoms with Gasteiger partial charge in [-0.15, -0.1) is 0 Å². The average molecular weight is 289 g/mol. The SMILES string of the molecule is CC(C)NCC(Cc1ccn(C)n1)Cc1ccccc1F. The molecule has 2 aromatic rings. The van der Waals surface area contributed by atoms with Gasteiger partial charge in [-0.1, -0.05) is 32.0 Å². The van der Waals surface area contributed by atoms with E-state index in [4.69, 9.17) is 0 Å². The van der Waals surface area contributed by atoms with Crippen LogP contribution in [0.1, 0.15) is 25.1 Å². The molecule has 0 aliphatic carbocycles. The molecule has 1 N–H and O–H groups in total. The molecule has 21 heavy (non-hydrogen) atoms. The van der Waals surface area contributed by atoms with Crippen LogP contribution in [0.25, 0.3) is 0 Å². The van der Waals surface area contributed by atoms with Crippen molar-refractivity contribution in [3.63, 3.8) is 0 Å². The molecule has 2 rings (SSSR count). The third-order valence-corrected chi connectivity index (χ3v) is 3.55. The molecule has 114 valence electrons. The van der Waals surface area contributed by atoms with Crippen LogP contribution >= 0.6 is 0 Å². The van der Waals surface area contributed by atoms with Crippen molar-refractivity contribution < 1.29 is 4.39 Å². The molecule has 1 aromatic carbocycles. The van der Waals surface area contributed by atoms with Gasteiger partial charge in [0.25, 0.3) is 0 Å². The molecular formula is C17H24FN3. The Morgan fingerprint density at radius 1 is 1.19 bits per heavy atom. The molecular weight excluding hydrogens is 265 g/mol. The van der Waals surface area contributed by atoms with E-state index in [1.54, 1.807) is 6.07 Å². The molecule has 1 heterocycles. The van der Waals surface area contributed by atoms with Gasteiger partial charge >= 0.3 is 0 Å². The maximum absolute atomic E-state index is 13.9. The largest absolute Gasteiger partial charge is 0.314 e. The molecule has 0 fully saturated rings. The molecule has 1 aromatic heterocycles. The maximum atomic E-state index is 13.9. The lowest BCUT2D eigenvalue weighted by molar-refractivity contribution is 0.433. The van der Waals surface area contributed by atoms with Crippen LogP contribution < -0.4 is 5.32 Å². The first kappa shape index (κ1) is 15.7. The lowest BCUT2D eigenvalue weighted by Crippen LogP contribution is -2.31. The van der Waals surface area contributed by atoms with Crippen molar-refractivity contribution in [2.45, 2.75) is 32.7 Å². The van der Waals surface area contributed by atoms with Crippen LogP contribution in [0, 0.1) is 11.7 Å². The third-order valence-electron chi connectivity index (χ3n) is 3.55. The van der Waals surface area contributed by atoms with E-state index in [1.807, 2.05) is 36.1 Å². The van der Waals surface area contributed by atoms with Crippen LogP contribution in [0.15, 0.2) is 36.5 Å². The van der Waals surface area contributed by atoms with Crippen LogP contribution in [0.5, 0.6) is 0 Å². The molecule has 3 nitrogen and oxygen atoms in total. The normalized spacial score (nSPS) is 12.8. The fourth-order valence-electron chi connectivity index (χ4n) is 2.46. The minimum absolute atomic E-state index is 0.118.